The Morgan fingerprint density at radius 1 is 0.963 bits per heavy atom. The van der Waals surface area contributed by atoms with Gasteiger partial charge < -0.3 is 14.7 Å². The van der Waals surface area contributed by atoms with E-state index in [1.54, 1.807) is 4.90 Å². The lowest BCUT2D eigenvalue weighted by molar-refractivity contribution is 0.0911. The molecule has 0 fully saturated rings. The van der Waals surface area contributed by atoms with Crippen molar-refractivity contribution < 1.29 is 14.6 Å². The first-order valence-electron chi connectivity index (χ1n) is 9.97. The zero-order chi connectivity index (χ0) is 19.1. The predicted octanol–water partition coefficient (Wildman–Crippen LogP) is 4.81. The Hall–Kier alpha value is -2.33. The van der Waals surface area contributed by atoms with Crippen LogP contribution < -0.4 is 0 Å². The van der Waals surface area contributed by atoms with Crippen LogP contribution >= 0.6 is 0 Å². The normalized spacial score (nSPS) is 12.5. The number of carbonyl (C=O) groups is 1. The summed E-state index contributed by atoms with van der Waals surface area (Å²) in [7, 11) is 0. The van der Waals surface area contributed by atoms with Gasteiger partial charge >= 0.3 is 6.09 Å². The summed E-state index contributed by atoms with van der Waals surface area (Å²) >= 11 is 0. The molecule has 2 aromatic carbocycles. The van der Waals surface area contributed by atoms with Crippen molar-refractivity contribution in [3.8, 4) is 11.1 Å². The van der Waals surface area contributed by atoms with E-state index in [9.17, 15) is 9.90 Å². The molecular formula is C23H29NO3. The number of benzene rings is 2. The van der Waals surface area contributed by atoms with Crippen molar-refractivity contribution in [1.82, 2.24) is 4.90 Å². The molecule has 144 valence electrons. The Bertz CT molecular complexity index is 713. The highest BCUT2D eigenvalue weighted by molar-refractivity contribution is 5.79. The molecule has 0 aliphatic heterocycles. The lowest BCUT2D eigenvalue weighted by Gasteiger charge is -2.23. The summed E-state index contributed by atoms with van der Waals surface area (Å²) in [5.74, 6) is 0.0671. The molecule has 27 heavy (non-hydrogen) atoms. The third-order valence-corrected chi connectivity index (χ3v) is 5.25. The van der Waals surface area contributed by atoms with Crippen LogP contribution in [0, 0.1) is 0 Å². The maximum atomic E-state index is 12.6. The van der Waals surface area contributed by atoms with E-state index in [1.165, 1.54) is 22.3 Å². The first-order valence-corrected chi connectivity index (χ1v) is 9.97. The van der Waals surface area contributed by atoms with E-state index in [0.29, 0.717) is 19.7 Å². The van der Waals surface area contributed by atoms with Gasteiger partial charge in [-0.25, -0.2) is 4.79 Å². The summed E-state index contributed by atoms with van der Waals surface area (Å²) in [6.45, 7) is 3.40. The number of aliphatic hydroxyl groups excluding tert-OH is 1. The van der Waals surface area contributed by atoms with Gasteiger partial charge in [-0.15, -0.1) is 0 Å². The van der Waals surface area contributed by atoms with E-state index in [0.717, 1.165) is 25.7 Å². The van der Waals surface area contributed by atoms with Crippen LogP contribution in [-0.4, -0.2) is 42.4 Å². The summed E-state index contributed by atoms with van der Waals surface area (Å²) in [6.07, 6.45) is 4.03. The summed E-state index contributed by atoms with van der Waals surface area (Å²) in [6, 6.07) is 16.6. The molecule has 4 heteroatoms. The van der Waals surface area contributed by atoms with Crippen LogP contribution in [-0.2, 0) is 4.74 Å². The van der Waals surface area contributed by atoms with Crippen LogP contribution in [0.15, 0.2) is 48.5 Å². The largest absolute Gasteiger partial charge is 0.448 e. The molecule has 0 spiro atoms. The lowest BCUT2D eigenvalue weighted by Crippen LogP contribution is -2.35. The Kier molecular flexibility index (Phi) is 6.88. The van der Waals surface area contributed by atoms with Gasteiger partial charge in [0.15, 0.2) is 0 Å². The van der Waals surface area contributed by atoms with Crippen LogP contribution in [0.2, 0.25) is 0 Å². The number of aliphatic hydroxyl groups is 1. The summed E-state index contributed by atoms with van der Waals surface area (Å²) < 4.78 is 5.69. The molecule has 1 aliphatic rings. The van der Waals surface area contributed by atoms with Gasteiger partial charge in [-0.2, -0.15) is 0 Å². The van der Waals surface area contributed by atoms with Crippen molar-refractivity contribution in [2.24, 2.45) is 0 Å². The van der Waals surface area contributed by atoms with Gasteiger partial charge in [0.25, 0.3) is 0 Å². The number of nitrogens with zero attached hydrogens (tertiary/aromatic N) is 1. The van der Waals surface area contributed by atoms with Gasteiger partial charge in [-0.05, 0) is 28.7 Å². The minimum Gasteiger partial charge on any atom is -0.448 e. The SMILES string of the molecule is CCCCCCN(CCO)C(=O)OCC1c2ccccc2-c2ccccc21. The Morgan fingerprint density at radius 2 is 1.59 bits per heavy atom. The molecule has 1 aliphatic carbocycles. The van der Waals surface area contributed by atoms with E-state index in [2.05, 4.69) is 31.2 Å². The van der Waals surface area contributed by atoms with Gasteiger partial charge in [0, 0.05) is 19.0 Å². The molecule has 0 atom stereocenters. The van der Waals surface area contributed by atoms with Gasteiger partial charge in [-0.1, -0.05) is 74.7 Å². The number of rotatable bonds is 9. The smallest absolute Gasteiger partial charge is 0.409 e. The standard InChI is InChI=1S/C23H29NO3/c1-2-3-4-9-14-24(15-16-25)23(26)27-17-22-20-12-7-5-10-18(20)19-11-6-8-13-21(19)22/h5-8,10-13,22,25H,2-4,9,14-17H2,1H3. The molecule has 0 unspecified atom stereocenters. The van der Waals surface area contributed by atoms with Crippen molar-refractivity contribution in [2.45, 2.75) is 38.5 Å². The number of fused-ring (bicyclic) bond motifs is 3. The number of unbranched alkanes of at least 4 members (excludes halogenated alkanes) is 3. The minimum atomic E-state index is -0.331. The Labute approximate surface area is 161 Å². The molecule has 4 nitrogen and oxygen atoms in total. The molecule has 0 aromatic heterocycles. The zero-order valence-electron chi connectivity index (χ0n) is 16.1. The topological polar surface area (TPSA) is 49.8 Å². The summed E-state index contributed by atoms with van der Waals surface area (Å²) in [4.78, 5) is 14.2. The van der Waals surface area contributed by atoms with Crippen LogP contribution in [0.25, 0.3) is 11.1 Å². The Balaban J connectivity index is 1.65. The molecule has 0 radical (unpaired) electrons. The fourth-order valence-corrected chi connectivity index (χ4v) is 3.83. The highest BCUT2D eigenvalue weighted by atomic mass is 16.6. The van der Waals surface area contributed by atoms with E-state index in [-0.39, 0.29) is 18.6 Å². The van der Waals surface area contributed by atoms with Crippen molar-refractivity contribution in [3.63, 3.8) is 0 Å². The van der Waals surface area contributed by atoms with Crippen molar-refractivity contribution in [3.05, 3.63) is 59.7 Å². The molecule has 0 saturated carbocycles. The van der Waals surface area contributed by atoms with Gasteiger partial charge in [0.1, 0.15) is 6.61 Å². The number of hydrogen-bond donors (Lipinski definition) is 1. The van der Waals surface area contributed by atoms with E-state index in [4.69, 9.17) is 4.74 Å². The van der Waals surface area contributed by atoms with Crippen molar-refractivity contribution in [1.29, 1.82) is 0 Å². The number of carbonyl (C=O) groups excluding carboxylic acids is 1. The third-order valence-electron chi connectivity index (χ3n) is 5.25. The van der Waals surface area contributed by atoms with Crippen molar-refractivity contribution in [2.75, 3.05) is 26.3 Å². The van der Waals surface area contributed by atoms with Crippen LogP contribution in [0.4, 0.5) is 4.79 Å². The van der Waals surface area contributed by atoms with E-state index >= 15 is 0 Å². The first-order chi connectivity index (χ1) is 13.3. The van der Waals surface area contributed by atoms with Crippen LogP contribution in [0.1, 0.15) is 49.7 Å². The van der Waals surface area contributed by atoms with Gasteiger partial charge in [0.05, 0.1) is 6.61 Å². The van der Waals surface area contributed by atoms with E-state index in [1.807, 2.05) is 24.3 Å². The second kappa shape index (κ2) is 9.56. The molecule has 0 heterocycles. The number of ether oxygens (including phenoxy) is 1. The highest BCUT2D eigenvalue weighted by Crippen LogP contribution is 2.44. The molecular weight excluding hydrogens is 338 g/mol. The summed E-state index contributed by atoms with van der Waals surface area (Å²) in [5, 5.41) is 9.28. The average Bonchev–Trinajstić information content (AvgIpc) is 3.02. The predicted molar refractivity (Wildman–Crippen MR) is 108 cm³/mol. The molecule has 0 saturated heterocycles. The quantitative estimate of drug-likeness (QED) is 0.647. The summed E-state index contributed by atoms with van der Waals surface area (Å²) in [5.41, 5.74) is 4.87. The van der Waals surface area contributed by atoms with E-state index < -0.39 is 0 Å². The zero-order valence-corrected chi connectivity index (χ0v) is 16.1. The third kappa shape index (κ3) is 4.51. The van der Waals surface area contributed by atoms with Crippen LogP contribution in [0.5, 0.6) is 0 Å². The lowest BCUT2D eigenvalue weighted by atomic mass is 9.98. The van der Waals surface area contributed by atoms with Gasteiger partial charge in [-0.3, -0.25) is 0 Å². The number of hydrogen-bond acceptors (Lipinski definition) is 3. The van der Waals surface area contributed by atoms with Crippen molar-refractivity contribution >= 4 is 6.09 Å². The average molecular weight is 367 g/mol. The van der Waals surface area contributed by atoms with Crippen LogP contribution in [0.3, 0.4) is 0 Å². The fourth-order valence-electron chi connectivity index (χ4n) is 3.83. The first kappa shape index (κ1) is 19.4. The minimum absolute atomic E-state index is 0.0437. The molecule has 2 aromatic rings. The second-order valence-electron chi connectivity index (χ2n) is 7.08. The maximum Gasteiger partial charge on any atom is 0.409 e. The fraction of sp³-hybridized carbons (Fsp3) is 0.435. The number of amides is 1. The Morgan fingerprint density at radius 3 is 2.19 bits per heavy atom. The second-order valence-corrected chi connectivity index (χ2v) is 7.08. The van der Waals surface area contributed by atoms with Gasteiger partial charge in [0.2, 0.25) is 0 Å². The molecule has 3 rings (SSSR count). The molecule has 1 amide bonds. The maximum absolute atomic E-state index is 12.6. The monoisotopic (exact) mass is 367 g/mol. The highest BCUT2D eigenvalue weighted by Gasteiger charge is 2.29. The molecule has 1 N–H and O–H groups in total. The molecule has 0 bridgehead atoms.